The van der Waals surface area contributed by atoms with Crippen molar-refractivity contribution in [2.24, 2.45) is 0 Å². The highest BCUT2D eigenvalue weighted by molar-refractivity contribution is 9.10. The molecular weight excluding hydrogens is 235 g/mol. The van der Waals surface area contributed by atoms with Crippen LogP contribution < -0.4 is 4.90 Å². The normalized spacial score (nSPS) is 10.2. The monoisotopic (exact) mass is 246 g/mol. The molecule has 4 heteroatoms. The van der Waals surface area contributed by atoms with Crippen LogP contribution in [0.1, 0.15) is 13.8 Å². The van der Waals surface area contributed by atoms with E-state index in [9.17, 15) is 4.39 Å². The van der Waals surface area contributed by atoms with Gasteiger partial charge in [-0.25, -0.2) is 4.98 Å². The summed E-state index contributed by atoms with van der Waals surface area (Å²) in [6, 6.07) is 1.75. The van der Waals surface area contributed by atoms with E-state index in [0.717, 1.165) is 17.6 Å². The van der Waals surface area contributed by atoms with E-state index in [1.54, 1.807) is 6.07 Å². The van der Waals surface area contributed by atoms with E-state index < -0.39 is 5.95 Å². The summed E-state index contributed by atoms with van der Waals surface area (Å²) >= 11 is 3.27. The average Bonchev–Trinajstić information content (AvgIpc) is 2.13. The van der Waals surface area contributed by atoms with Crippen molar-refractivity contribution < 1.29 is 4.39 Å². The molecule has 1 rings (SSSR count). The van der Waals surface area contributed by atoms with Crippen LogP contribution in [-0.4, -0.2) is 18.1 Å². The second-order valence-electron chi connectivity index (χ2n) is 2.64. The Bertz CT molecular complexity index is 287. The minimum absolute atomic E-state index is 0.410. The zero-order chi connectivity index (χ0) is 9.84. The molecule has 0 aliphatic carbocycles. The Morgan fingerprint density at radius 1 is 1.46 bits per heavy atom. The Balaban J connectivity index is 3.03. The molecule has 13 heavy (non-hydrogen) atoms. The lowest BCUT2D eigenvalue weighted by atomic mass is 10.3. The van der Waals surface area contributed by atoms with Crippen LogP contribution in [-0.2, 0) is 0 Å². The first-order chi connectivity index (χ1) is 6.19. The lowest BCUT2D eigenvalue weighted by Crippen LogP contribution is -2.23. The standard InChI is InChI=1S/C9H12BrFN2/c1-3-13(4-2)8-5-7(10)6-12-9(8)11/h5-6H,3-4H2,1-2H3. The highest BCUT2D eigenvalue weighted by Gasteiger charge is 2.09. The van der Waals surface area contributed by atoms with Gasteiger partial charge in [0, 0.05) is 23.8 Å². The molecular formula is C9H12BrFN2. The molecule has 0 bridgehead atoms. The maximum absolute atomic E-state index is 13.2. The van der Waals surface area contributed by atoms with Crippen molar-refractivity contribution in [2.45, 2.75) is 13.8 Å². The lowest BCUT2D eigenvalue weighted by molar-refractivity contribution is 0.577. The molecule has 0 unspecified atom stereocenters. The Labute approximate surface area is 85.9 Å². The molecule has 0 aromatic carbocycles. The SMILES string of the molecule is CCN(CC)c1cc(Br)cnc1F. The van der Waals surface area contributed by atoms with Crippen molar-refractivity contribution >= 4 is 21.6 Å². The highest BCUT2D eigenvalue weighted by Crippen LogP contribution is 2.21. The molecule has 1 aromatic rings. The molecule has 0 atom stereocenters. The van der Waals surface area contributed by atoms with Crippen molar-refractivity contribution in [1.82, 2.24) is 4.98 Å². The predicted molar refractivity (Wildman–Crippen MR) is 55.5 cm³/mol. The van der Waals surface area contributed by atoms with E-state index in [-0.39, 0.29) is 0 Å². The van der Waals surface area contributed by atoms with Crippen LogP contribution in [0.2, 0.25) is 0 Å². The molecule has 0 saturated carbocycles. The second-order valence-corrected chi connectivity index (χ2v) is 3.55. The van der Waals surface area contributed by atoms with E-state index >= 15 is 0 Å². The van der Waals surface area contributed by atoms with Crippen LogP contribution in [0.15, 0.2) is 16.7 Å². The van der Waals surface area contributed by atoms with Gasteiger partial charge in [-0.05, 0) is 35.8 Å². The second kappa shape index (κ2) is 4.56. The van der Waals surface area contributed by atoms with Gasteiger partial charge >= 0.3 is 0 Å². The summed E-state index contributed by atoms with van der Waals surface area (Å²) in [6.07, 6.45) is 1.46. The van der Waals surface area contributed by atoms with Crippen LogP contribution in [0.3, 0.4) is 0 Å². The van der Waals surface area contributed by atoms with Crippen molar-refractivity contribution in [3.05, 3.63) is 22.7 Å². The maximum atomic E-state index is 13.2. The van der Waals surface area contributed by atoms with Crippen molar-refractivity contribution in [2.75, 3.05) is 18.0 Å². The summed E-state index contributed by atoms with van der Waals surface area (Å²) < 4.78 is 14.0. The molecule has 1 aromatic heterocycles. The fourth-order valence-electron chi connectivity index (χ4n) is 1.20. The van der Waals surface area contributed by atoms with Gasteiger partial charge < -0.3 is 4.90 Å². The van der Waals surface area contributed by atoms with E-state index in [1.807, 2.05) is 18.7 Å². The van der Waals surface area contributed by atoms with Crippen molar-refractivity contribution in [3.63, 3.8) is 0 Å². The highest BCUT2D eigenvalue weighted by atomic mass is 79.9. The summed E-state index contributed by atoms with van der Waals surface area (Å²) in [5, 5.41) is 0. The van der Waals surface area contributed by atoms with Gasteiger partial charge in [0.25, 0.3) is 0 Å². The molecule has 0 saturated heterocycles. The Hall–Kier alpha value is -0.640. The molecule has 0 aliphatic rings. The van der Waals surface area contributed by atoms with E-state index in [1.165, 1.54) is 6.20 Å². The van der Waals surface area contributed by atoms with Gasteiger partial charge in [0.15, 0.2) is 0 Å². The predicted octanol–water partition coefficient (Wildman–Crippen LogP) is 2.83. The fourth-order valence-corrected chi connectivity index (χ4v) is 1.52. The van der Waals surface area contributed by atoms with Crippen molar-refractivity contribution in [3.8, 4) is 0 Å². The maximum Gasteiger partial charge on any atom is 0.236 e. The van der Waals surface area contributed by atoms with Gasteiger partial charge in [0.05, 0.1) is 5.69 Å². The Morgan fingerprint density at radius 3 is 2.62 bits per heavy atom. The lowest BCUT2D eigenvalue weighted by Gasteiger charge is -2.20. The quantitative estimate of drug-likeness (QED) is 0.763. The average molecular weight is 247 g/mol. The van der Waals surface area contributed by atoms with Crippen molar-refractivity contribution in [1.29, 1.82) is 0 Å². The largest absolute Gasteiger partial charge is 0.368 e. The number of hydrogen-bond acceptors (Lipinski definition) is 2. The number of pyridine rings is 1. The number of anilines is 1. The van der Waals surface area contributed by atoms with Gasteiger partial charge in [-0.3, -0.25) is 0 Å². The van der Waals surface area contributed by atoms with Gasteiger partial charge in [0.1, 0.15) is 0 Å². The van der Waals surface area contributed by atoms with Gasteiger partial charge in [-0.2, -0.15) is 4.39 Å². The topological polar surface area (TPSA) is 16.1 Å². The van der Waals surface area contributed by atoms with Gasteiger partial charge in [0.2, 0.25) is 5.95 Å². The smallest absolute Gasteiger partial charge is 0.236 e. The summed E-state index contributed by atoms with van der Waals surface area (Å²) in [6.45, 7) is 5.55. The van der Waals surface area contributed by atoms with Crippen LogP contribution in [0, 0.1) is 5.95 Å². The minimum Gasteiger partial charge on any atom is -0.368 e. The molecule has 2 nitrogen and oxygen atoms in total. The molecule has 0 aliphatic heterocycles. The fraction of sp³-hybridized carbons (Fsp3) is 0.444. The van der Waals surface area contributed by atoms with E-state index in [0.29, 0.717) is 5.69 Å². The molecule has 0 fully saturated rings. The molecule has 0 spiro atoms. The first-order valence-electron chi connectivity index (χ1n) is 4.25. The summed E-state index contributed by atoms with van der Waals surface area (Å²) in [5.74, 6) is -0.410. The number of rotatable bonds is 3. The molecule has 0 amide bonds. The first-order valence-corrected chi connectivity index (χ1v) is 5.04. The number of aromatic nitrogens is 1. The van der Waals surface area contributed by atoms with Crippen LogP contribution in [0.4, 0.5) is 10.1 Å². The third-order valence-electron chi connectivity index (χ3n) is 1.89. The zero-order valence-electron chi connectivity index (χ0n) is 7.72. The van der Waals surface area contributed by atoms with Crippen LogP contribution >= 0.6 is 15.9 Å². The molecule has 0 N–H and O–H groups in total. The Morgan fingerprint density at radius 2 is 2.08 bits per heavy atom. The van der Waals surface area contributed by atoms with E-state index in [2.05, 4.69) is 20.9 Å². The third kappa shape index (κ3) is 2.40. The molecule has 72 valence electrons. The van der Waals surface area contributed by atoms with E-state index in [4.69, 9.17) is 0 Å². The molecule has 1 heterocycles. The van der Waals surface area contributed by atoms with Crippen LogP contribution in [0.25, 0.3) is 0 Å². The van der Waals surface area contributed by atoms with Crippen LogP contribution in [0.5, 0.6) is 0 Å². The summed E-state index contributed by atoms with van der Waals surface area (Å²) in [7, 11) is 0. The summed E-state index contributed by atoms with van der Waals surface area (Å²) in [5.41, 5.74) is 0.555. The first kappa shape index (κ1) is 10.4. The third-order valence-corrected chi connectivity index (χ3v) is 2.32. The van der Waals surface area contributed by atoms with Gasteiger partial charge in [-0.15, -0.1) is 0 Å². The zero-order valence-corrected chi connectivity index (χ0v) is 9.31. The molecule has 0 radical (unpaired) electrons. The minimum atomic E-state index is -0.410. The van der Waals surface area contributed by atoms with Gasteiger partial charge in [-0.1, -0.05) is 0 Å². The number of hydrogen-bond donors (Lipinski definition) is 0. The number of nitrogens with zero attached hydrogens (tertiary/aromatic N) is 2. The Kier molecular flexibility index (Phi) is 3.66. The summed E-state index contributed by atoms with van der Waals surface area (Å²) in [4.78, 5) is 5.56. The number of halogens is 2.